The van der Waals surface area contributed by atoms with Crippen molar-refractivity contribution in [2.45, 2.75) is 13.1 Å². The van der Waals surface area contributed by atoms with E-state index in [0.717, 1.165) is 22.8 Å². The molecule has 0 aliphatic heterocycles. The van der Waals surface area contributed by atoms with Crippen LogP contribution in [-0.4, -0.2) is 47.2 Å². The maximum absolute atomic E-state index is 12.1. The van der Waals surface area contributed by atoms with Gasteiger partial charge < -0.3 is 20.7 Å². The molecule has 3 rings (SSSR count). The fourth-order valence-corrected chi connectivity index (χ4v) is 2.57. The van der Waals surface area contributed by atoms with E-state index in [9.17, 15) is 4.79 Å². The Kier molecular flexibility index (Phi) is 6.40. The third-order valence-corrected chi connectivity index (χ3v) is 4.09. The smallest absolute Gasteiger partial charge is 0.239 e. The highest BCUT2D eigenvalue weighted by Crippen LogP contribution is 2.10. The van der Waals surface area contributed by atoms with Gasteiger partial charge in [0.2, 0.25) is 5.91 Å². The second-order valence-corrected chi connectivity index (χ2v) is 5.95. The molecule has 0 bridgehead atoms. The third kappa shape index (κ3) is 4.97. The van der Waals surface area contributed by atoms with E-state index in [4.69, 9.17) is 4.74 Å². The molecule has 0 spiro atoms. The zero-order valence-electron chi connectivity index (χ0n) is 15.8. The summed E-state index contributed by atoms with van der Waals surface area (Å²) >= 11 is 0. The van der Waals surface area contributed by atoms with Crippen LogP contribution in [-0.2, 0) is 17.9 Å². The summed E-state index contributed by atoms with van der Waals surface area (Å²) in [6.07, 6.45) is 1.90. The van der Waals surface area contributed by atoms with Crippen LogP contribution in [0.15, 0.2) is 53.7 Å². The highest BCUT2D eigenvalue weighted by Gasteiger charge is 2.07. The van der Waals surface area contributed by atoms with Crippen molar-refractivity contribution < 1.29 is 9.53 Å². The van der Waals surface area contributed by atoms with Crippen LogP contribution in [0.3, 0.4) is 0 Å². The molecule has 3 N–H and O–H groups in total. The first-order valence-electron chi connectivity index (χ1n) is 8.82. The lowest BCUT2D eigenvalue weighted by Gasteiger charge is -2.11. The molecule has 0 atom stereocenters. The van der Waals surface area contributed by atoms with Crippen molar-refractivity contribution in [1.82, 2.24) is 30.5 Å². The van der Waals surface area contributed by atoms with Gasteiger partial charge >= 0.3 is 0 Å². The Balaban J connectivity index is 1.43. The number of pyridine rings is 1. The van der Waals surface area contributed by atoms with Gasteiger partial charge in [0, 0.05) is 19.8 Å². The van der Waals surface area contributed by atoms with E-state index >= 15 is 0 Å². The number of carbonyl (C=O) groups is 1. The van der Waals surface area contributed by atoms with Crippen LogP contribution in [0.2, 0.25) is 0 Å². The molecule has 2 heterocycles. The average molecular weight is 381 g/mol. The molecule has 0 unspecified atom stereocenters. The van der Waals surface area contributed by atoms with Gasteiger partial charge in [-0.15, -0.1) is 10.2 Å². The van der Waals surface area contributed by atoms with Gasteiger partial charge in [0.05, 0.1) is 20.2 Å². The fourth-order valence-electron chi connectivity index (χ4n) is 2.57. The summed E-state index contributed by atoms with van der Waals surface area (Å²) in [6, 6.07) is 13.3. The zero-order valence-corrected chi connectivity index (χ0v) is 15.8. The highest BCUT2D eigenvalue weighted by molar-refractivity contribution is 5.86. The van der Waals surface area contributed by atoms with Crippen LogP contribution < -0.4 is 20.7 Å². The quantitative estimate of drug-likeness (QED) is 0.411. The van der Waals surface area contributed by atoms with Gasteiger partial charge in [0.25, 0.3) is 0 Å². The van der Waals surface area contributed by atoms with E-state index in [-0.39, 0.29) is 12.5 Å². The van der Waals surface area contributed by atoms with Gasteiger partial charge in [-0.1, -0.05) is 18.2 Å². The van der Waals surface area contributed by atoms with Crippen molar-refractivity contribution in [2.75, 3.05) is 20.7 Å². The maximum Gasteiger partial charge on any atom is 0.239 e. The topological polar surface area (TPSA) is 105 Å². The van der Waals surface area contributed by atoms with Crippen LogP contribution in [0, 0.1) is 0 Å². The lowest BCUT2D eigenvalue weighted by molar-refractivity contribution is -0.120. The molecule has 3 aromatic rings. The number of rotatable bonds is 7. The first-order chi connectivity index (χ1) is 13.7. The van der Waals surface area contributed by atoms with Crippen LogP contribution in [0.5, 0.6) is 5.75 Å². The third-order valence-electron chi connectivity index (χ3n) is 4.09. The predicted molar refractivity (Wildman–Crippen MR) is 106 cm³/mol. The molecule has 9 nitrogen and oxygen atoms in total. The van der Waals surface area contributed by atoms with E-state index in [2.05, 4.69) is 31.1 Å². The number of hydrogen-bond acceptors (Lipinski definition) is 5. The molecule has 0 radical (unpaired) electrons. The summed E-state index contributed by atoms with van der Waals surface area (Å²) in [5, 5.41) is 17.2. The van der Waals surface area contributed by atoms with E-state index < -0.39 is 0 Å². The molecule has 1 aromatic carbocycles. The normalized spacial score (nSPS) is 11.3. The van der Waals surface area contributed by atoms with E-state index in [1.807, 2.05) is 53.1 Å². The SMILES string of the molecule is CN=C(NCC(=O)NCc1ccc(OC)cc1)NCc1nnc2ccccn12. The molecule has 1 amide bonds. The Morgan fingerprint density at radius 3 is 2.64 bits per heavy atom. The number of aromatic nitrogens is 3. The first-order valence-corrected chi connectivity index (χ1v) is 8.82. The number of carbonyl (C=O) groups excluding carboxylic acids is 1. The molecule has 28 heavy (non-hydrogen) atoms. The van der Waals surface area contributed by atoms with Crippen molar-refractivity contribution in [3.8, 4) is 5.75 Å². The molecule has 0 saturated carbocycles. The summed E-state index contributed by atoms with van der Waals surface area (Å²) in [6.45, 7) is 0.983. The predicted octanol–water partition coefficient (Wildman–Crippen LogP) is 0.719. The van der Waals surface area contributed by atoms with Crippen molar-refractivity contribution in [1.29, 1.82) is 0 Å². The molecule has 0 aliphatic rings. The lowest BCUT2D eigenvalue weighted by atomic mass is 10.2. The van der Waals surface area contributed by atoms with Crippen molar-refractivity contribution in [3.05, 3.63) is 60.0 Å². The molecule has 2 aromatic heterocycles. The Labute approximate surface area is 162 Å². The fraction of sp³-hybridized carbons (Fsp3) is 0.263. The maximum atomic E-state index is 12.1. The number of nitrogens with zero attached hydrogens (tertiary/aromatic N) is 4. The second kappa shape index (κ2) is 9.36. The van der Waals surface area contributed by atoms with E-state index in [1.165, 1.54) is 0 Å². The van der Waals surface area contributed by atoms with Gasteiger partial charge in [-0.25, -0.2) is 0 Å². The minimum absolute atomic E-state index is 0.108. The summed E-state index contributed by atoms with van der Waals surface area (Å²) < 4.78 is 7.01. The number of nitrogens with one attached hydrogen (secondary N) is 3. The van der Waals surface area contributed by atoms with Gasteiger partial charge in [-0.2, -0.15) is 0 Å². The summed E-state index contributed by atoms with van der Waals surface area (Å²) in [5.41, 5.74) is 1.77. The van der Waals surface area contributed by atoms with Crippen LogP contribution in [0.1, 0.15) is 11.4 Å². The van der Waals surface area contributed by atoms with Gasteiger partial charge in [-0.05, 0) is 29.8 Å². The summed E-state index contributed by atoms with van der Waals surface area (Å²) in [5.74, 6) is 1.91. The largest absolute Gasteiger partial charge is 0.497 e. The lowest BCUT2D eigenvalue weighted by Crippen LogP contribution is -2.42. The van der Waals surface area contributed by atoms with Crippen LogP contribution >= 0.6 is 0 Å². The van der Waals surface area contributed by atoms with E-state index in [0.29, 0.717) is 19.0 Å². The number of benzene rings is 1. The van der Waals surface area contributed by atoms with Crippen LogP contribution in [0.4, 0.5) is 0 Å². The Bertz CT molecular complexity index is 950. The monoisotopic (exact) mass is 381 g/mol. The Hall–Kier alpha value is -3.62. The number of ether oxygens (including phenoxy) is 1. The molecular formula is C19H23N7O2. The second-order valence-electron chi connectivity index (χ2n) is 5.95. The number of fused-ring (bicyclic) bond motifs is 1. The molecule has 0 aliphatic carbocycles. The minimum Gasteiger partial charge on any atom is -0.497 e. The van der Waals surface area contributed by atoms with Crippen molar-refractivity contribution in [3.63, 3.8) is 0 Å². The van der Waals surface area contributed by atoms with Crippen molar-refractivity contribution in [2.24, 2.45) is 4.99 Å². The molecule has 0 fully saturated rings. The zero-order chi connectivity index (χ0) is 19.8. The Morgan fingerprint density at radius 1 is 1.07 bits per heavy atom. The van der Waals surface area contributed by atoms with Crippen LogP contribution in [0.25, 0.3) is 5.65 Å². The van der Waals surface area contributed by atoms with E-state index in [1.54, 1.807) is 14.2 Å². The molecule has 0 saturated heterocycles. The standard InChI is InChI=1S/C19H23N7O2/c1-20-19(22-12-17-25-24-16-5-3-4-10-26(16)17)23-13-18(27)21-11-14-6-8-15(28-2)9-7-14/h3-10H,11-13H2,1-2H3,(H,21,27)(H2,20,22,23). The van der Waals surface area contributed by atoms with Gasteiger partial charge in [0.1, 0.15) is 5.75 Å². The molecule has 9 heteroatoms. The Morgan fingerprint density at radius 2 is 1.89 bits per heavy atom. The number of aliphatic imine (C=N–C) groups is 1. The number of methoxy groups -OCH3 is 1. The van der Waals surface area contributed by atoms with Gasteiger partial charge in [0.15, 0.2) is 17.4 Å². The molecular weight excluding hydrogens is 358 g/mol. The number of hydrogen-bond donors (Lipinski definition) is 3. The average Bonchev–Trinajstić information content (AvgIpc) is 3.16. The van der Waals surface area contributed by atoms with Crippen molar-refractivity contribution >= 4 is 17.5 Å². The highest BCUT2D eigenvalue weighted by atomic mass is 16.5. The first kappa shape index (κ1) is 19.2. The minimum atomic E-state index is -0.133. The van der Waals surface area contributed by atoms with Gasteiger partial charge in [-0.3, -0.25) is 14.2 Å². The molecule has 146 valence electrons. The summed E-state index contributed by atoms with van der Waals surface area (Å²) in [7, 11) is 3.27. The number of amides is 1. The number of guanidine groups is 1. The summed E-state index contributed by atoms with van der Waals surface area (Å²) in [4.78, 5) is 16.2.